The number of hydrogen-bond acceptors (Lipinski definition) is 8. The van der Waals surface area contributed by atoms with E-state index in [1.54, 1.807) is 0 Å². The fourth-order valence-electron chi connectivity index (χ4n) is 4.61. The molecule has 0 saturated carbocycles. The van der Waals surface area contributed by atoms with E-state index in [0.29, 0.717) is 6.42 Å². The third-order valence-electron chi connectivity index (χ3n) is 7.31. The molecule has 0 rings (SSSR count). The molecule has 264 valence electrons. The maximum atomic E-state index is 12.5. The fourth-order valence-corrected chi connectivity index (χ4v) is 5.37. The number of allylic oxidation sites excluding steroid dienone is 4. The number of phosphoric ester groups is 1. The lowest BCUT2D eigenvalue weighted by molar-refractivity contribution is -0.161. The standard InChI is InChI=1S/C35H66NO8P/c1-3-5-7-9-11-13-15-16-18-20-22-24-26-28-35(38)44-33(32-43-45(39,40)42-30-29-36)31-41-34(37)27-25-23-21-19-17-14-12-10-8-6-4-2/h10,12-13,15,33H,3-9,11,14,16-32,36H2,1-2H3,(H,39,40)/b12-10-,15-13-/t33-/m1/s1. The van der Waals surface area contributed by atoms with Crippen LogP contribution in [-0.2, 0) is 32.7 Å². The first-order chi connectivity index (χ1) is 21.8. The SMILES string of the molecule is CCCC/C=C\CCCCCCCC(=O)OC[C@H](COP(=O)(O)OCCN)OC(=O)CCCCCCC/C=C\CCCCCC. The molecule has 2 atom stereocenters. The molecule has 0 heterocycles. The minimum Gasteiger partial charge on any atom is -0.462 e. The van der Waals surface area contributed by atoms with Crippen molar-refractivity contribution in [3.8, 4) is 0 Å². The lowest BCUT2D eigenvalue weighted by Crippen LogP contribution is -2.29. The Morgan fingerprint density at radius 2 is 1.11 bits per heavy atom. The number of unbranched alkanes of at least 4 members (excludes halogenated alkanes) is 16. The normalized spacial score (nSPS) is 13.8. The van der Waals surface area contributed by atoms with Crippen molar-refractivity contribution in [2.45, 2.75) is 161 Å². The van der Waals surface area contributed by atoms with Gasteiger partial charge in [0.05, 0.1) is 13.2 Å². The molecule has 45 heavy (non-hydrogen) atoms. The summed E-state index contributed by atoms with van der Waals surface area (Å²) < 4.78 is 32.5. The first-order valence-corrected chi connectivity index (χ1v) is 19.3. The summed E-state index contributed by atoms with van der Waals surface area (Å²) in [5.74, 6) is -0.852. The molecule has 0 saturated heterocycles. The van der Waals surface area contributed by atoms with Gasteiger partial charge in [0.15, 0.2) is 6.10 Å². The molecular formula is C35H66NO8P. The van der Waals surface area contributed by atoms with E-state index in [1.165, 1.54) is 44.9 Å². The molecule has 3 N–H and O–H groups in total. The first kappa shape index (κ1) is 43.5. The van der Waals surface area contributed by atoms with Crippen LogP contribution in [-0.4, -0.2) is 49.3 Å². The molecule has 0 radical (unpaired) electrons. The summed E-state index contributed by atoms with van der Waals surface area (Å²) in [5.41, 5.74) is 5.32. The number of esters is 2. The van der Waals surface area contributed by atoms with Gasteiger partial charge in [0, 0.05) is 19.4 Å². The van der Waals surface area contributed by atoms with Gasteiger partial charge in [-0.25, -0.2) is 4.57 Å². The van der Waals surface area contributed by atoms with E-state index in [0.717, 1.165) is 77.0 Å². The first-order valence-electron chi connectivity index (χ1n) is 17.8. The van der Waals surface area contributed by atoms with Crippen molar-refractivity contribution in [1.29, 1.82) is 0 Å². The Kier molecular flexibility index (Phi) is 31.3. The van der Waals surface area contributed by atoms with Crippen molar-refractivity contribution in [3.05, 3.63) is 24.3 Å². The van der Waals surface area contributed by atoms with Crippen LogP contribution in [0.15, 0.2) is 24.3 Å². The highest BCUT2D eigenvalue weighted by Crippen LogP contribution is 2.43. The van der Waals surface area contributed by atoms with Crippen LogP contribution in [0.3, 0.4) is 0 Å². The smallest absolute Gasteiger partial charge is 0.462 e. The van der Waals surface area contributed by atoms with Gasteiger partial charge in [-0.05, 0) is 57.8 Å². The molecule has 1 unspecified atom stereocenters. The maximum Gasteiger partial charge on any atom is 0.472 e. The van der Waals surface area contributed by atoms with E-state index in [1.807, 2.05) is 0 Å². The van der Waals surface area contributed by atoms with Gasteiger partial charge >= 0.3 is 19.8 Å². The van der Waals surface area contributed by atoms with E-state index >= 15 is 0 Å². The lowest BCUT2D eigenvalue weighted by Gasteiger charge is -2.19. The number of hydrogen-bond donors (Lipinski definition) is 2. The number of nitrogens with two attached hydrogens (primary N) is 1. The molecule has 0 spiro atoms. The molecule has 0 amide bonds. The summed E-state index contributed by atoms with van der Waals surface area (Å²) in [7, 11) is -4.37. The fraction of sp³-hybridized carbons (Fsp3) is 0.829. The second kappa shape index (κ2) is 32.4. The molecule has 9 nitrogen and oxygen atoms in total. The maximum absolute atomic E-state index is 12.5. The van der Waals surface area contributed by atoms with Crippen LogP contribution in [0.5, 0.6) is 0 Å². The molecule has 0 aromatic heterocycles. The summed E-state index contributed by atoms with van der Waals surface area (Å²) in [6.45, 7) is 3.63. The van der Waals surface area contributed by atoms with E-state index in [-0.39, 0.29) is 32.6 Å². The highest BCUT2D eigenvalue weighted by atomic mass is 31.2. The van der Waals surface area contributed by atoms with Crippen molar-refractivity contribution >= 4 is 19.8 Å². The third kappa shape index (κ3) is 32.2. The second-order valence-electron chi connectivity index (χ2n) is 11.7. The average molecular weight is 660 g/mol. The molecule has 0 fully saturated rings. The molecular weight excluding hydrogens is 593 g/mol. The Morgan fingerprint density at radius 3 is 1.64 bits per heavy atom. The third-order valence-corrected chi connectivity index (χ3v) is 8.29. The van der Waals surface area contributed by atoms with Crippen LogP contribution < -0.4 is 5.73 Å². The van der Waals surface area contributed by atoms with Crippen LogP contribution in [0.2, 0.25) is 0 Å². The lowest BCUT2D eigenvalue weighted by atomic mass is 10.1. The molecule has 10 heteroatoms. The average Bonchev–Trinajstić information content (AvgIpc) is 3.02. The quantitative estimate of drug-likeness (QED) is 0.0306. The number of phosphoric acid groups is 1. The molecule has 0 aliphatic heterocycles. The Hall–Kier alpha value is -1.51. The second-order valence-corrected chi connectivity index (χ2v) is 13.2. The minimum atomic E-state index is -4.37. The molecule has 0 aromatic carbocycles. The van der Waals surface area contributed by atoms with Crippen LogP contribution in [0, 0.1) is 0 Å². The van der Waals surface area contributed by atoms with Crippen LogP contribution in [0.4, 0.5) is 0 Å². The number of carbonyl (C=O) groups is 2. The Balaban J connectivity index is 4.29. The topological polar surface area (TPSA) is 134 Å². The van der Waals surface area contributed by atoms with Gasteiger partial charge < -0.3 is 20.1 Å². The molecule has 0 aromatic rings. The summed E-state index contributed by atoms with van der Waals surface area (Å²) in [6, 6.07) is 0. The van der Waals surface area contributed by atoms with Crippen molar-refractivity contribution in [3.63, 3.8) is 0 Å². The Bertz CT molecular complexity index is 805. The minimum absolute atomic E-state index is 0.0514. The summed E-state index contributed by atoms with van der Waals surface area (Å²) in [4.78, 5) is 34.6. The molecule has 0 aliphatic rings. The number of rotatable bonds is 33. The summed E-state index contributed by atoms with van der Waals surface area (Å²) >= 11 is 0. The van der Waals surface area contributed by atoms with E-state index in [2.05, 4.69) is 38.2 Å². The van der Waals surface area contributed by atoms with Crippen LogP contribution >= 0.6 is 7.82 Å². The van der Waals surface area contributed by atoms with Crippen LogP contribution in [0.1, 0.15) is 155 Å². The summed E-state index contributed by atoms with van der Waals surface area (Å²) in [5, 5.41) is 0. The predicted octanol–water partition coefficient (Wildman–Crippen LogP) is 9.27. The predicted molar refractivity (Wildman–Crippen MR) is 183 cm³/mol. The van der Waals surface area contributed by atoms with Gasteiger partial charge in [0.1, 0.15) is 6.61 Å². The van der Waals surface area contributed by atoms with Gasteiger partial charge in [-0.15, -0.1) is 0 Å². The van der Waals surface area contributed by atoms with E-state index in [9.17, 15) is 19.0 Å². The van der Waals surface area contributed by atoms with Gasteiger partial charge in [0.25, 0.3) is 0 Å². The van der Waals surface area contributed by atoms with Gasteiger partial charge in [0.2, 0.25) is 0 Å². The van der Waals surface area contributed by atoms with Crippen LogP contribution in [0.25, 0.3) is 0 Å². The number of carbonyl (C=O) groups excluding carboxylic acids is 2. The zero-order chi connectivity index (χ0) is 33.3. The Morgan fingerprint density at radius 1 is 0.644 bits per heavy atom. The largest absolute Gasteiger partial charge is 0.472 e. The zero-order valence-electron chi connectivity index (χ0n) is 28.6. The van der Waals surface area contributed by atoms with Crippen molar-refractivity contribution in [2.75, 3.05) is 26.4 Å². The molecule has 0 aliphatic carbocycles. The van der Waals surface area contributed by atoms with Crippen molar-refractivity contribution < 1.29 is 37.6 Å². The highest BCUT2D eigenvalue weighted by Gasteiger charge is 2.25. The Labute approximate surface area is 274 Å². The highest BCUT2D eigenvalue weighted by molar-refractivity contribution is 7.47. The van der Waals surface area contributed by atoms with E-state index < -0.39 is 32.5 Å². The van der Waals surface area contributed by atoms with E-state index in [4.69, 9.17) is 24.3 Å². The van der Waals surface area contributed by atoms with Crippen molar-refractivity contribution in [2.24, 2.45) is 5.73 Å². The molecule has 0 bridgehead atoms. The zero-order valence-corrected chi connectivity index (χ0v) is 29.5. The van der Waals surface area contributed by atoms with Gasteiger partial charge in [-0.3, -0.25) is 18.6 Å². The number of ether oxygens (including phenoxy) is 2. The van der Waals surface area contributed by atoms with Gasteiger partial charge in [-0.1, -0.05) is 109 Å². The monoisotopic (exact) mass is 659 g/mol. The van der Waals surface area contributed by atoms with Crippen molar-refractivity contribution in [1.82, 2.24) is 0 Å². The summed E-state index contributed by atoms with van der Waals surface area (Å²) in [6.07, 6.45) is 30.6. The van der Waals surface area contributed by atoms with Gasteiger partial charge in [-0.2, -0.15) is 0 Å².